The van der Waals surface area contributed by atoms with Gasteiger partial charge in [-0.1, -0.05) is 13.0 Å². The Labute approximate surface area is 159 Å². The molecule has 2 N–H and O–H groups in total. The number of pyridine rings is 1. The van der Waals surface area contributed by atoms with Crippen LogP contribution in [0.1, 0.15) is 13.3 Å². The van der Waals surface area contributed by atoms with E-state index < -0.39 is 0 Å². The third-order valence-corrected chi connectivity index (χ3v) is 4.56. The molecule has 2 atom stereocenters. The molecule has 27 heavy (non-hydrogen) atoms. The lowest BCUT2D eigenvalue weighted by Gasteiger charge is -2.32. The number of amidine groups is 1. The largest absolute Gasteiger partial charge is 0.395 e. The molecule has 3 heterocycles. The van der Waals surface area contributed by atoms with Crippen LogP contribution in [0.3, 0.4) is 0 Å². The molecule has 9 heteroatoms. The lowest BCUT2D eigenvalue weighted by atomic mass is 10.0. The molecule has 2 unspecified atom stereocenters. The maximum Gasteiger partial charge on any atom is 0.222 e. The van der Waals surface area contributed by atoms with Crippen molar-refractivity contribution < 1.29 is 9.84 Å². The lowest BCUT2D eigenvalue weighted by Crippen LogP contribution is -2.51. The van der Waals surface area contributed by atoms with E-state index in [1.807, 2.05) is 35.2 Å². The summed E-state index contributed by atoms with van der Waals surface area (Å²) in [5.74, 6) is 2.05. The number of anilines is 1. The molecule has 0 amide bonds. The van der Waals surface area contributed by atoms with Crippen LogP contribution in [0.5, 0.6) is 0 Å². The summed E-state index contributed by atoms with van der Waals surface area (Å²) in [5, 5.41) is 19.4. The van der Waals surface area contributed by atoms with Crippen LogP contribution in [0.25, 0.3) is 0 Å². The number of fused-ring (bicyclic) bond motifs is 1. The number of methoxy groups -OCH3 is 1. The van der Waals surface area contributed by atoms with Gasteiger partial charge in [-0.25, -0.2) is 9.98 Å². The van der Waals surface area contributed by atoms with Crippen LogP contribution in [0.4, 0.5) is 5.82 Å². The van der Waals surface area contributed by atoms with Crippen LogP contribution in [-0.4, -0.2) is 90.1 Å². The molecule has 2 aliphatic heterocycles. The maximum absolute atomic E-state index is 9.28. The van der Waals surface area contributed by atoms with E-state index in [9.17, 15) is 5.11 Å². The van der Waals surface area contributed by atoms with E-state index in [1.54, 1.807) is 13.3 Å². The van der Waals surface area contributed by atoms with Crippen molar-refractivity contribution in [2.24, 2.45) is 15.1 Å². The standard InChI is InChI=1S/C18H27N7O2/c1-4-13-15-16(25(23-13)10-12-27-3)17(20-14-7-5-6-8-19-14)22-18(21-15)24(2)9-11-26/h5-8,15-16,26H,4,9-12H2,1-3H3,(H,19,20,21,22). The Bertz CT molecular complexity index is 720. The molecule has 0 bridgehead atoms. The van der Waals surface area contributed by atoms with Crippen molar-refractivity contribution in [3.8, 4) is 0 Å². The minimum absolute atomic E-state index is 0.0385. The highest BCUT2D eigenvalue weighted by atomic mass is 16.5. The zero-order valence-electron chi connectivity index (χ0n) is 16.0. The molecule has 1 aromatic rings. The van der Waals surface area contributed by atoms with Crippen LogP contribution in [-0.2, 0) is 4.74 Å². The monoisotopic (exact) mass is 373 g/mol. The molecule has 0 fully saturated rings. The first-order valence-corrected chi connectivity index (χ1v) is 9.17. The number of hydrazone groups is 1. The Morgan fingerprint density at radius 3 is 2.89 bits per heavy atom. The summed E-state index contributed by atoms with van der Waals surface area (Å²) < 4.78 is 5.24. The molecule has 0 saturated carbocycles. The number of aliphatic hydroxyl groups is 1. The van der Waals surface area contributed by atoms with Gasteiger partial charge in [-0.2, -0.15) is 10.1 Å². The third-order valence-electron chi connectivity index (χ3n) is 4.56. The molecular weight excluding hydrogens is 346 g/mol. The number of aliphatic hydroxyl groups excluding tert-OH is 1. The molecule has 0 aromatic carbocycles. The van der Waals surface area contributed by atoms with Gasteiger partial charge in [-0.3, -0.25) is 5.01 Å². The zero-order valence-corrected chi connectivity index (χ0v) is 16.0. The second-order valence-electron chi connectivity index (χ2n) is 6.40. The molecule has 9 nitrogen and oxygen atoms in total. The molecule has 2 aliphatic rings. The average Bonchev–Trinajstić information content (AvgIpc) is 3.05. The number of rotatable bonds is 7. The van der Waals surface area contributed by atoms with Crippen molar-refractivity contribution >= 4 is 23.3 Å². The third kappa shape index (κ3) is 4.25. The van der Waals surface area contributed by atoms with Gasteiger partial charge in [0.05, 0.1) is 25.5 Å². The first-order chi connectivity index (χ1) is 13.2. The summed E-state index contributed by atoms with van der Waals surface area (Å²) >= 11 is 0. The van der Waals surface area contributed by atoms with Crippen LogP contribution in [0, 0.1) is 0 Å². The van der Waals surface area contributed by atoms with Crippen LogP contribution in [0.2, 0.25) is 0 Å². The second-order valence-corrected chi connectivity index (χ2v) is 6.40. The van der Waals surface area contributed by atoms with Crippen molar-refractivity contribution in [3.05, 3.63) is 24.4 Å². The quantitative estimate of drug-likeness (QED) is 0.728. The summed E-state index contributed by atoms with van der Waals surface area (Å²) in [7, 11) is 3.55. The van der Waals surface area contributed by atoms with Crippen molar-refractivity contribution in [1.29, 1.82) is 0 Å². The molecule has 0 radical (unpaired) electrons. The van der Waals surface area contributed by atoms with Crippen LogP contribution < -0.4 is 5.32 Å². The van der Waals surface area contributed by atoms with E-state index in [0.717, 1.165) is 23.8 Å². The highest BCUT2D eigenvalue weighted by Gasteiger charge is 2.43. The second kappa shape index (κ2) is 8.92. The van der Waals surface area contributed by atoms with E-state index in [2.05, 4.69) is 17.2 Å². The van der Waals surface area contributed by atoms with Crippen molar-refractivity contribution in [3.63, 3.8) is 0 Å². The van der Waals surface area contributed by atoms with Gasteiger partial charge in [0.2, 0.25) is 5.96 Å². The van der Waals surface area contributed by atoms with Crippen LogP contribution >= 0.6 is 0 Å². The Morgan fingerprint density at radius 2 is 2.22 bits per heavy atom. The maximum atomic E-state index is 9.28. The predicted octanol–water partition coefficient (Wildman–Crippen LogP) is 0.651. The van der Waals surface area contributed by atoms with Gasteiger partial charge in [0.25, 0.3) is 0 Å². The fourth-order valence-electron chi connectivity index (χ4n) is 3.15. The van der Waals surface area contributed by atoms with Crippen molar-refractivity contribution in [2.45, 2.75) is 25.4 Å². The van der Waals surface area contributed by atoms with Crippen molar-refractivity contribution in [1.82, 2.24) is 14.9 Å². The predicted molar refractivity (Wildman–Crippen MR) is 106 cm³/mol. The number of nitrogens with one attached hydrogen (secondary N) is 1. The summed E-state index contributed by atoms with van der Waals surface area (Å²) in [6, 6.07) is 5.46. The van der Waals surface area contributed by atoms with Gasteiger partial charge in [0.15, 0.2) is 0 Å². The number of likely N-dealkylation sites (N-methyl/N-ethyl adjacent to an activating group) is 1. The normalized spacial score (nSPS) is 21.3. The molecule has 146 valence electrons. The Balaban J connectivity index is 1.94. The fraction of sp³-hybridized carbons (Fsp3) is 0.556. The highest BCUT2D eigenvalue weighted by molar-refractivity contribution is 6.12. The minimum atomic E-state index is -0.122. The molecule has 1 aromatic heterocycles. The lowest BCUT2D eigenvalue weighted by molar-refractivity contribution is 0.145. The molecule has 0 aliphatic carbocycles. The summed E-state index contributed by atoms with van der Waals surface area (Å²) in [6.07, 6.45) is 2.55. The topological polar surface area (TPSA) is 97.9 Å². The van der Waals surface area contributed by atoms with Crippen molar-refractivity contribution in [2.75, 3.05) is 45.8 Å². The van der Waals surface area contributed by atoms with Gasteiger partial charge in [0, 0.05) is 26.9 Å². The summed E-state index contributed by atoms with van der Waals surface area (Å²) in [5.41, 5.74) is 1.02. The summed E-state index contributed by atoms with van der Waals surface area (Å²) in [6.45, 7) is 3.81. The van der Waals surface area contributed by atoms with Gasteiger partial charge in [-0.05, 0) is 18.6 Å². The van der Waals surface area contributed by atoms with Gasteiger partial charge in [-0.15, -0.1) is 0 Å². The first-order valence-electron chi connectivity index (χ1n) is 9.17. The number of hydrogen-bond donors (Lipinski definition) is 2. The van der Waals surface area contributed by atoms with Gasteiger partial charge < -0.3 is 20.1 Å². The number of aromatic nitrogens is 1. The van der Waals surface area contributed by atoms with E-state index in [-0.39, 0.29) is 18.7 Å². The Hall–Kier alpha value is -2.52. The molecule has 0 spiro atoms. The number of aliphatic imine (C=N–C) groups is 2. The van der Waals surface area contributed by atoms with Crippen LogP contribution in [0.15, 0.2) is 39.5 Å². The minimum Gasteiger partial charge on any atom is -0.395 e. The molecule has 3 rings (SSSR count). The fourth-order valence-corrected chi connectivity index (χ4v) is 3.15. The number of hydrogen-bond acceptors (Lipinski definition) is 9. The SMILES string of the molecule is CCC1=NN(CCOC)C2C(Nc3ccccn3)=NC(N(C)CCO)=NC12. The Morgan fingerprint density at radius 1 is 1.37 bits per heavy atom. The zero-order chi connectivity index (χ0) is 19.2. The van der Waals surface area contributed by atoms with Gasteiger partial charge in [0.1, 0.15) is 23.7 Å². The van der Waals surface area contributed by atoms with E-state index in [0.29, 0.717) is 25.7 Å². The van der Waals surface area contributed by atoms with E-state index >= 15 is 0 Å². The van der Waals surface area contributed by atoms with E-state index in [4.69, 9.17) is 19.8 Å². The highest BCUT2D eigenvalue weighted by Crippen LogP contribution is 2.26. The Kier molecular flexibility index (Phi) is 6.36. The number of ether oxygens (including phenoxy) is 1. The smallest absolute Gasteiger partial charge is 0.222 e. The number of guanidine groups is 1. The van der Waals surface area contributed by atoms with Gasteiger partial charge >= 0.3 is 0 Å². The molecular formula is C18H27N7O2. The number of nitrogens with zero attached hydrogens (tertiary/aromatic N) is 6. The molecule has 0 saturated heterocycles. The van der Waals surface area contributed by atoms with E-state index in [1.165, 1.54) is 0 Å². The first kappa shape index (κ1) is 19.2. The summed E-state index contributed by atoms with van der Waals surface area (Å²) in [4.78, 5) is 15.8. The average molecular weight is 373 g/mol.